The van der Waals surface area contributed by atoms with Gasteiger partial charge in [-0.3, -0.25) is 4.79 Å². The van der Waals surface area contributed by atoms with Gasteiger partial charge in [-0.1, -0.05) is 53.7 Å². The highest BCUT2D eigenvalue weighted by Gasteiger charge is 2.40. The monoisotopic (exact) mass is 476 g/mol. The van der Waals surface area contributed by atoms with E-state index in [2.05, 4.69) is 32.3 Å². The molecule has 2 aliphatic heterocycles. The van der Waals surface area contributed by atoms with Crippen LogP contribution in [-0.2, 0) is 20.7 Å². The summed E-state index contributed by atoms with van der Waals surface area (Å²) in [5.74, 6) is 0.564. The third-order valence-corrected chi connectivity index (χ3v) is 6.81. The number of carbonyl (C=O) groups is 1. The number of piperidine rings is 1. The topological polar surface area (TPSA) is 76.6 Å². The quantitative estimate of drug-likeness (QED) is 0.353. The van der Waals surface area contributed by atoms with Gasteiger partial charge in [0.2, 0.25) is 5.91 Å². The predicted octanol–water partition coefficient (Wildman–Crippen LogP) is 3.70. The molecule has 3 heterocycles. The van der Waals surface area contributed by atoms with Gasteiger partial charge in [0.15, 0.2) is 10.9 Å². The zero-order chi connectivity index (χ0) is 22.4. The van der Waals surface area contributed by atoms with Crippen molar-refractivity contribution in [1.82, 2.24) is 15.3 Å². The van der Waals surface area contributed by atoms with Crippen LogP contribution in [-0.4, -0.2) is 59.8 Å². The largest absolute Gasteiger partial charge is 0.356 e. The first kappa shape index (κ1) is 23.3. The van der Waals surface area contributed by atoms with Gasteiger partial charge in [-0.15, -0.1) is 0 Å². The molecule has 1 aromatic heterocycles. The number of ether oxygens (including phenoxy) is 2. The zero-order valence-corrected chi connectivity index (χ0v) is 19.8. The van der Waals surface area contributed by atoms with E-state index in [-0.39, 0.29) is 17.7 Å². The minimum Gasteiger partial charge on any atom is -0.356 e. The van der Waals surface area contributed by atoms with Crippen LogP contribution >= 0.6 is 23.4 Å². The van der Waals surface area contributed by atoms with E-state index in [1.54, 1.807) is 6.07 Å². The molecular formula is C23H29ClN4O3S. The van der Waals surface area contributed by atoms with Gasteiger partial charge < -0.3 is 19.7 Å². The Morgan fingerprint density at radius 3 is 2.66 bits per heavy atom. The number of thioether (sulfide) groups is 1. The Hall–Kier alpha value is -1.87. The van der Waals surface area contributed by atoms with Gasteiger partial charge in [0.05, 0.1) is 19.0 Å². The first-order chi connectivity index (χ1) is 15.5. The molecule has 1 spiro atoms. The van der Waals surface area contributed by atoms with E-state index in [4.69, 9.17) is 21.1 Å². The molecule has 172 valence electrons. The highest BCUT2D eigenvalue weighted by atomic mass is 35.5. The highest BCUT2D eigenvalue weighted by molar-refractivity contribution is 7.99. The van der Waals surface area contributed by atoms with Crippen LogP contribution < -0.4 is 10.2 Å². The molecule has 32 heavy (non-hydrogen) atoms. The summed E-state index contributed by atoms with van der Waals surface area (Å²) in [6, 6.07) is 12.2. The van der Waals surface area contributed by atoms with E-state index in [1.165, 1.54) is 17.3 Å². The molecule has 2 fully saturated rings. The van der Waals surface area contributed by atoms with Gasteiger partial charge in [-0.05, 0) is 25.3 Å². The van der Waals surface area contributed by atoms with Crippen LogP contribution in [0.2, 0.25) is 5.15 Å². The number of nitrogens with one attached hydrogen (secondary N) is 1. The molecule has 0 saturated carbocycles. The Kier molecular flexibility index (Phi) is 7.88. The molecule has 1 aromatic carbocycles. The predicted molar refractivity (Wildman–Crippen MR) is 126 cm³/mol. The number of aromatic nitrogens is 2. The number of hydrogen-bond acceptors (Lipinski definition) is 7. The Balaban J connectivity index is 1.25. The highest BCUT2D eigenvalue weighted by Crippen LogP contribution is 2.33. The van der Waals surface area contributed by atoms with Crippen molar-refractivity contribution in [3.63, 3.8) is 0 Å². The van der Waals surface area contributed by atoms with E-state index in [1.807, 2.05) is 25.1 Å². The Morgan fingerprint density at radius 2 is 1.94 bits per heavy atom. The third-order valence-electron chi connectivity index (χ3n) is 5.77. The lowest BCUT2D eigenvalue weighted by Crippen LogP contribution is -2.45. The van der Waals surface area contributed by atoms with Crippen LogP contribution in [0.4, 0.5) is 5.82 Å². The van der Waals surface area contributed by atoms with Crippen LogP contribution in [0.3, 0.4) is 0 Å². The molecule has 2 aliphatic rings. The summed E-state index contributed by atoms with van der Waals surface area (Å²) in [6.07, 6.45) is 3.41. The number of hydrogen-bond donors (Lipinski definition) is 1. The standard InChI is InChI=1S/C23H29ClN4O3S/c1-17(7-8-18-5-3-2-4-6-18)25-21(29)16-32-22-26-19(24)15-20(27-22)28-11-9-23(10-12-28)30-13-14-31-23/h2-6,15,17H,7-14,16H2,1H3,(H,25,29). The third kappa shape index (κ3) is 6.34. The maximum absolute atomic E-state index is 12.4. The molecule has 9 heteroatoms. The molecule has 2 saturated heterocycles. The van der Waals surface area contributed by atoms with Gasteiger partial charge in [-0.2, -0.15) is 0 Å². The minimum absolute atomic E-state index is 0.0314. The average Bonchev–Trinajstić information content (AvgIpc) is 3.25. The van der Waals surface area contributed by atoms with Crippen LogP contribution in [0.15, 0.2) is 41.6 Å². The molecule has 4 rings (SSSR count). The van der Waals surface area contributed by atoms with Gasteiger partial charge in [0.1, 0.15) is 11.0 Å². The summed E-state index contributed by atoms with van der Waals surface area (Å²) >= 11 is 7.55. The number of amides is 1. The average molecular weight is 477 g/mol. The molecule has 1 amide bonds. The minimum atomic E-state index is -0.430. The number of anilines is 1. The summed E-state index contributed by atoms with van der Waals surface area (Å²) in [5.41, 5.74) is 1.28. The SMILES string of the molecule is CC(CCc1ccccc1)NC(=O)CSc1nc(Cl)cc(N2CCC3(CC2)OCCO3)n1. The fraction of sp³-hybridized carbons (Fsp3) is 0.522. The van der Waals surface area contributed by atoms with E-state index in [0.29, 0.717) is 23.5 Å². The van der Waals surface area contributed by atoms with Crippen LogP contribution in [0, 0.1) is 0 Å². The van der Waals surface area contributed by atoms with Crippen molar-refractivity contribution in [2.45, 2.75) is 49.6 Å². The molecule has 7 nitrogen and oxygen atoms in total. The van der Waals surface area contributed by atoms with Crippen molar-refractivity contribution in [3.8, 4) is 0 Å². The van der Waals surface area contributed by atoms with E-state index in [9.17, 15) is 4.79 Å². The second kappa shape index (κ2) is 10.8. The van der Waals surface area contributed by atoms with E-state index < -0.39 is 5.79 Å². The van der Waals surface area contributed by atoms with Crippen LogP contribution in [0.1, 0.15) is 31.7 Å². The lowest BCUT2D eigenvalue weighted by atomic mass is 10.0. The molecule has 1 atom stereocenters. The normalized spacial score (nSPS) is 18.6. The first-order valence-corrected chi connectivity index (χ1v) is 12.4. The number of aryl methyl sites for hydroxylation is 1. The molecule has 1 N–H and O–H groups in total. The second-order valence-corrected chi connectivity index (χ2v) is 9.54. The van der Waals surface area contributed by atoms with E-state index in [0.717, 1.165) is 44.6 Å². The lowest BCUT2D eigenvalue weighted by molar-refractivity contribution is -0.169. The first-order valence-electron chi connectivity index (χ1n) is 11.0. The summed E-state index contributed by atoms with van der Waals surface area (Å²) in [7, 11) is 0. The van der Waals surface area contributed by atoms with Crippen LogP contribution in [0.25, 0.3) is 0 Å². The molecule has 2 aromatic rings. The van der Waals surface area contributed by atoms with Crippen molar-refractivity contribution < 1.29 is 14.3 Å². The van der Waals surface area contributed by atoms with Gasteiger partial charge in [0, 0.05) is 38.0 Å². The Labute approximate surface area is 198 Å². The Morgan fingerprint density at radius 1 is 1.22 bits per heavy atom. The summed E-state index contributed by atoms with van der Waals surface area (Å²) in [4.78, 5) is 23.5. The number of benzene rings is 1. The summed E-state index contributed by atoms with van der Waals surface area (Å²) in [6.45, 7) is 4.90. The summed E-state index contributed by atoms with van der Waals surface area (Å²) in [5, 5.41) is 3.94. The van der Waals surface area contributed by atoms with Crippen molar-refractivity contribution >= 4 is 35.1 Å². The second-order valence-electron chi connectivity index (χ2n) is 8.21. The maximum Gasteiger partial charge on any atom is 0.230 e. The number of rotatable bonds is 8. The van der Waals surface area contributed by atoms with Crippen molar-refractivity contribution in [2.24, 2.45) is 0 Å². The lowest BCUT2D eigenvalue weighted by Gasteiger charge is -2.38. The number of nitrogens with zero attached hydrogens (tertiary/aromatic N) is 3. The van der Waals surface area contributed by atoms with Crippen molar-refractivity contribution in [2.75, 3.05) is 37.0 Å². The van der Waals surface area contributed by atoms with Crippen molar-refractivity contribution in [3.05, 3.63) is 47.1 Å². The molecule has 0 radical (unpaired) electrons. The molecule has 0 bridgehead atoms. The van der Waals surface area contributed by atoms with Gasteiger partial charge in [-0.25, -0.2) is 9.97 Å². The van der Waals surface area contributed by atoms with Gasteiger partial charge in [0.25, 0.3) is 0 Å². The maximum atomic E-state index is 12.4. The molecule has 0 aliphatic carbocycles. The zero-order valence-electron chi connectivity index (χ0n) is 18.3. The Bertz CT molecular complexity index is 901. The van der Waals surface area contributed by atoms with Crippen LogP contribution in [0.5, 0.6) is 0 Å². The van der Waals surface area contributed by atoms with Gasteiger partial charge >= 0.3 is 0 Å². The number of halogens is 1. The summed E-state index contributed by atoms with van der Waals surface area (Å²) < 4.78 is 11.6. The molecule has 1 unspecified atom stereocenters. The fourth-order valence-electron chi connectivity index (χ4n) is 4.02. The van der Waals surface area contributed by atoms with Crippen molar-refractivity contribution in [1.29, 1.82) is 0 Å². The number of carbonyl (C=O) groups excluding carboxylic acids is 1. The fourth-order valence-corrected chi connectivity index (χ4v) is 4.91. The van der Waals surface area contributed by atoms with E-state index >= 15 is 0 Å². The smallest absolute Gasteiger partial charge is 0.230 e. The molecular weight excluding hydrogens is 448 g/mol.